The largest absolute Gasteiger partial charge is 0.489 e. The van der Waals surface area contributed by atoms with Crippen molar-refractivity contribution in [3.05, 3.63) is 29.3 Å². The molecule has 0 saturated heterocycles. The number of aryl methyl sites for hydroxylation is 2. The minimum atomic E-state index is -0.627. The molecule has 0 aromatic heterocycles. The molecule has 0 spiro atoms. The normalized spacial score (nSPS) is 35.6. The fraction of sp³-hybridized carbons (Fsp3) is 0.667. The van der Waals surface area contributed by atoms with E-state index in [0.717, 1.165) is 42.6 Å². The van der Waals surface area contributed by atoms with Crippen LogP contribution in [0.1, 0.15) is 49.7 Å². The van der Waals surface area contributed by atoms with Gasteiger partial charge in [0, 0.05) is 0 Å². The second kappa shape index (κ2) is 6.01. The number of carbonyl (C=O) groups excluding carboxylic acids is 1. The summed E-state index contributed by atoms with van der Waals surface area (Å²) in [6, 6.07) is 6.05. The summed E-state index contributed by atoms with van der Waals surface area (Å²) in [4.78, 5) is 12.8. The maximum Gasteiger partial charge on any atom is 0.312 e. The van der Waals surface area contributed by atoms with Crippen molar-refractivity contribution >= 4 is 5.97 Å². The fourth-order valence-corrected chi connectivity index (χ4v) is 5.91. The number of rotatable bonds is 5. The first kappa shape index (κ1) is 16.9. The monoisotopic (exact) mass is 344 g/mol. The zero-order valence-electron chi connectivity index (χ0n) is 15.2. The smallest absolute Gasteiger partial charge is 0.312 e. The number of hydrogen-bond donors (Lipinski definition) is 1. The van der Waals surface area contributed by atoms with Crippen LogP contribution in [0.3, 0.4) is 0 Å². The van der Waals surface area contributed by atoms with E-state index in [1.54, 1.807) is 0 Å². The Morgan fingerprint density at radius 3 is 2.36 bits per heavy atom. The molecule has 4 heteroatoms. The van der Waals surface area contributed by atoms with Crippen molar-refractivity contribution in [2.45, 2.75) is 58.0 Å². The van der Waals surface area contributed by atoms with E-state index in [1.165, 1.54) is 6.42 Å². The van der Waals surface area contributed by atoms with E-state index >= 15 is 0 Å². The number of benzene rings is 1. The highest BCUT2D eigenvalue weighted by Crippen LogP contribution is 2.61. The molecule has 4 saturated carbocycles. The first-order valence-electron chi connectivity index (χ1n) is 9.48. The van der Waals surface area contributed by atoms with Gasteiger partial charge in [0.15, 0.2) is 0 Å². The third-order valence-electron chi connectivity index (χ3n) is 6.43. The Balaban J connectivity index is 1.34. The van der Waals surface area contributed by atoms with Gasteiger partial charge in [-0.3, -0.25) is 4.79 Å². The van der Waals surface area contributed by atoms with Crippen LogP contribution >= 0.6 is 0 Å². The number of esters is 1. The lowest BCUT2D eigenvalue weighted by Crippen LogP contribution is -2.58. The summed E-state index contributed by atoms with van der Waals surface area (Å²) in [5, 5.41) is 10.8. The van der Waals surface area contributed by atoms with Crippen molar-refractivity contribution in [3.8, 4) is 5.75 Å². The second-order valence-corrected chi connectivity index (χ2v) is 8.67. The zero-order chi connectivity index (χ0) is 17.7. The SMILES string of the molecule is Cc1cccc(C)c1OCCOC(=O)C12C[C@H]3C[C@@H](CC(O)(C3)C1)C2. The van der Waals surface area contributed by atoms with Gasteiger partial charge >= 0.3 is 5.97 Å². The van der Waals surface area contributed by atoms with Gasteiger partial charge in [-0.1, -0.05) is 18.2 Å². The van der Waals surface area contributed by atoms with Crippen LogP contribution in [0.4, 0.5) is 0 Å². The van der Waals surface area contributed by atoms with Gasteiger partial charge in [0.05, 0.1) is 11.0 Å². The molecule has 4 aliphatic carbocycles. The van der Waals surface area contributed by atoms with E-state index in [1.807, 2.05) is 32.0 Å². The predicted octanol–water partition coefficient (Wildman–Crippen LogP) is 3.56. The average Bonchev–Trinajstić information content (AvgIpc) is 2.51. The molecule has 5 rings (SSSR count). The highest BCUT2D eigenvalue weighted by Gasteiger charge is 2.60. The maximum absolute atomic E-state index is 12.8. The standard InChI is InChI=1S/C21H28O4/c1-14-4-3-5-15(2)18(14)24-6-7-25-19(22)20-9-16-8-17(10-20)12-21(23,11-16)13-20/h3-5,16-17,23H,6-13H2,1-2H3/t16-,17-,20?,21?/m1/s1. The Morgan fingerprint density at radius 1 is 1.12 bits per heavy atom. The maximum atomic E-state index is 12.8. The van der Waals surface area contributed by atoms with Gasteiger partial charge in [-0.05, 0) is 75.3 Å². The van der Waals surface area contributed by atoms with Gasteiger partial charge in [-0.25, -0.2) is 0 Å². The van der Waals surface area contributed by atoms with Crippen LogP contribution in [-0.4, -0.2) is 29.9 Å². The summed E-state index contributed by atoms with van der Waals surface area (Å²) in [6.45, 7) is 4.67. The molecule has 4 bridgehead atoms. The lowest BCUT2D eigenvalue weighted by molar-refractivity contribution is -0.196. The van der Waals surface area contributed by atoms with Crippen molar-refractivity contribution in [2.24, 2.45) is 17.3 Å². The predicted molar refractivity (Wildman–Crippen MR) is 94.4 cm³/mol. The highest BCUT2D eigenvalue weighted by molar-refractivity contribution is 5.77. The summed E-state index contributed by atoms with van der Waals surface area (Å²) in [5.41, 5.74) is 1.11. The van der Waals surface area contributed by atoms with Crippen LogP contribution in [0.2, 0.25) is 0 Å². The summed E-state index contributed by atoms with van der Waals surface area (Å²) < 4.78 is 11.4. The van der Waals surface area contributed by atoms with Crippen molar-refractivity contribution < 1.29 is 19.4 Å². The summed E-state index contributed by atoms with van der Waals surface area (Å²) in [5.74, 6) is 1.74. The van der Waals surface area contributed by atoms with Gasteiger partial charge in [0.25, 0.3) is 0 Å². The van der Waals surface area contributed by atoms with E-state index in [2.05, 4.69) is 0 Å². The van der Waals surface area contributed by atoms with Crippen molar-refractivity contribution in [3.63, 3.8) is 0 Å². The Morgan fingerprint density at radius 2 is 1.76 bits per heavy atom. The number of carbonyl (C=O) groups is 1. The van der Waals surface area contributed by atoms with Crippen LogP contribution in [-0.2, 0) is 9.53 Å². The summed E-state index contributed by atoms with van der Waals surface area (Å²) in [7, 11) is 0. The van der Waals surface area contributed by atoms with Crippen molar-refractivity contribution in [2.75, 3.05) is 13.2 Å². The molecule has 2 atom stereocenters. The second-order valence-electron chi connectivity index (χ2n) is 8.67. The zero-order valence-corrected chi connectivity index (χ0v) is 15.2. The number of hydrogen-bond acceptors (Lipinski definition) is 4. The molecule has 0 amide bonds. The molecular weight excluding hydrogens is 316 g/mol. The molecule has 0 aliphatic heterocycles. The topological polar surface area (TPSA) is 55.8 Å². The molecule has 25 heavy (non-hydrogen) atoms. The Bertz CT molecular complexity index is 646. The molecule has 1 aromatic carbocycles. The van der Waals surface area contributed by atoms with Crippen LogP contribution in [0.25, 0.3) is 0 Å². The summed E-state index contributed by atoms with van der Waals surface area (Å²) in [6.07, 6.45) is 5.28. The van der Waals surface area contributed by atoms with Gasteiger partial charge in [0.1, 0.15) is 19.0 Å². The molecule has 1 N–H and O–H groups in total. The van der Waals surface area contributed by atoms with Gasteiger partial charge < -0.3 is 14.6 Å². The molecule has 136 valence electrons. The van der Waals surface area contributed by atoms with Crippen LogP contribution in [0.15, 0.2) is 18.2 Å². The van der Waals surface area contributed by atoms with E-state index in [0.29, 0.717) is 24.9 Å². The van der Waals surface area contributed by atoms with Crippen molar-refractivity contribution in [1.82, 2.24) is 0 Å². The molecule has 1 aromatic rings. The Hall–Kier alpha value is -1.55. The fourth-order valence-electron chi connectivity index (χ4n) is 5.91. The van der Waals surface area contributed by atoms with E-state index < -0.39 is 11.0 Å². The molecule has 0 heterocycles. The highest BCUT2D eigenvalue weighted by atomic mass is 16.6. The first-order valence-corrected chi connectivity index (χ1v) is 9.48. The molecule has 4 fully saturated rings. The molecule has 0 unspecified atom stereocenters. The van der Waals surface area contributed by atoms with Gasteiger partial charge in [0.2, 0.25) is 0 Å². The van der Waals surface area contributed by atoms with E-state index in [-0.39, 0.29) is 12.6 Å². The van der Waals surface area contributed by atoms with Gasteiger partial charge in [-0.2, -0.15) is 0 Å². The number of ether oxygens (including phenoxy) is 2. The number of para-hydroxylation sites is 1. The first-order chi connectivity index (χ1) is 11.9. The summed E-state index contributed by atoms with van der Waals surface area (Å²) >= 11 is 0. The molecule has 4 aliphatic rings. The Labute approximate surface area is 149 Å². The van der Waals surface area contributed by atoms with Crippen molar-refractivity contribution in [1.29, 1.82) is 0 Å². The molecule has 4 nitrogen and oxygen atoms in total. The minimum Gasteiger partial charge on any atom is -0.489 e. The van der Waals surface area contributed by atoms with E-state index in [4.69, 9.17) is 9.47 Å². The van der Waals surface area contributed by atoms with Crippen LogP contribution in [0.5, 0.6) is 5.75 Å². The lowest BCUT2D eigenvalue weighted by atomic mass is 9.48. The third kappa shape index (κ3) is 3.05. The minimum absolute atomic E-state index is 0.120. The number of aliphatic hydroxyl groups is 1. The third-order valence-corrected chi connectivity index (χ3v) is 6.43. The van der Waals surface area contributed by atoms with Crippen LogP contribution in [0, 0.1) is 31.1 Å². The lowest BCUT2D eigenvalue weighted by Gasteiger charge is -2.58. The molecular formula is C21H28O4. The van der Waals surface area contributed by atoms with Gasteiger partial charge in [-0.15, -0.1) is 0 Å². The van der Waals surface area contributed by atoms with E-state index in [9.17, 15) is 9.90 Å². The molecule has 0 radical (unpaired) electrons. The average molecular weight is 344 g/mol. The quantitative estimate of drug-likeness (QED) is 0.655. The van der Waals surface area contributed by atoms with Crippen LogP contribution < -0.4 is 4.74 Å². The Kier molecular flexibility index (Phi) is 4.06.